The molecule has 0 radical (unpaired) electrons. The van der Waals surface area contributed by atoms with Crippen molar-refractivity contribution in [3.8, 4) is 0 Å². The van der Waals surface area contributed by atoms with E-state index in [-0.39, 0.29) is 5.78 Å². The molecule has 3 rings (SSSR count). The summed E-state index contributed by atoms with van der Waals surface area (Å²) < 4.78 is 0. The first-order valence-corrected chi connectivity index (χ1v) is 8.76. The number of carbonyl (C=O) groups excluding carboxylic acids is 1. The Morgan fingerprint density at radius 2 is 1.96 bits per heavy atom. The number of aryl methyl sites for hydroxylation is 1. The summed E-state index contributed by atoms with van der Waals surface area (Å²) in [6, 6.07) is 14.3. The molecule has 0 saturated carbocycles. The van der Waals surface area contributed by atoms with Gasteiger partial charge >= 0.3 is 0 Å². The minimum atomic E-state index is 0.136. The maximum atomic E-state index is 11.8. The third-order valence-corrected chi connectivity index (χ3v) is 4.91. The summed E-state index contributed by atoms with van der Waals surface area (Å²) >= 11 is 5.58. The zero-order valence-corrected chi connectivity index (χ0v) is 15.0. The predicted octanol–water partition coefficient (Wildman–Crippen LogP) is 4.21. The number of ketones is 1. The average Bonchev–Trinajstić information content (AvgIpc) is 2.61. The van der Waals surface area contributed by atoms with E-state index >= 15 is 0 Å². The molecule has 0 unspecified atom stereocenters. The summed E-state index contributed by atoms with van der Waals surface area (Å²) in [6.07, 6.45) is 1.88. The van der Waals surface area contributed by atoms with Gasteiger partial charge in [0.15, 0.2) is 10.9 Å². The number of fused-ring (bicyclic) bond motifs is 1. The van der Waals surface area contributed by atoms with Crippen LogP contribution in [0.1, 0.15) is 40.9 Å². The molecular formula is C20H22N2OS. The quantitative estimate of drug-likeness (QED) is 0.671. The molecule has 24 heavy (non-hydrogen) atoms. The first-order chi connectivity index (χ1) is 11.6. The molecule has 0 saturated heterocycles. The number of hydrogen-bond donors (Lipinski definition) is 1. The van der Waals surface area contributed by atoms with Gasteiger partial charge in [-0.1, -0.05) is 37.3 Å². The van der Waals surface area contributed by atoms with E-state index < -0.39 is 0 Å². The van der Waals surface area contributed by atoms with Gasteiger partial charge in [0, 0.05) is 24.3 Å². The van der Waals surface area contributed by atoms with Crippen LogP contribution < -0.4 is 5.32 Å². The summed E-state index contributed by atoms with van der Waals surface area (Å²) in [5.74, 6) is 0.136. The van der Waals surface area contributed by atoms with Crippen molar-refractivity contribution in [1.29, 1.82) is 0 Å². The molecule has 4 heteroatoms. The average molecular weight is 338 g/mol. The molecule has 0 spiro atoms. The van der Waals surface area contributed by atoms with E-state index in [2.05, 4.69) is 47.5 Å². The van der Waals surface area contributed by atoms with Crippen molar-refractivity contribution in [2.75, 3.05) is 11.9 Å². The van der Waals surface area contributed by atoms with Crippen LogP contribution in [0.5, 0.6) is 0 Å². The van der Waals surface area contributed by atoms with Crippen molar-refractivity contribution in [1.82, 2.24) is 4.90 Å². The molecule has 0 fully saturated rings. The van der Waals surface area contributed by atoms with Crippen LogP contribution in [0.3, 0.4) is 0 Å². The second kappa shape index (κ2) is 7.14. The van der Waals surface area contributed by atoms with Gasteiger partial charge in [-0.05, 0) is 60.8 Å². The number of Topliss-reactive ketones (excluding diaryl/α,β-unsaturated/α-hetero) is 1. The van der Waals surface area contributed by atoms with Crippen LogP contribution in [-0.2, 0) is 19.4 Å². The smallest absolute Gasteiger partial charge is 0.173 e. The molecule has 0 atom stereocenters. The van der Waals surface area contributed by atoms with Crippen molar-refractivity contribution >= 4 is 28.8 Å². The highest BCUT2D eigenvalue weighted by Crippen LogP contribution is 2.24. The fourth-order valence-electron chi connectivity index (χ4n) is 3.14. The Balaban J connectivity index is 1.71. The maximum Gasteiger partial charge on any atom is 0.173 e. The van der Waals surface area contributed by atoms with Crippen LogP contribution in [0.4, 0.5) is 5.69 Å². The third-order valence-electron chi connectivity index (χ3n) is 4.55. The lowest BCUT2D eigenvalue weighted by atomic mass is 9.93. The normalized spacial score (nSPS) is 13.3. The lowest BCUT2D eigenvalue weighted by Crippen LogP contribution is -2.39. The SMILES string of the molecule is CCc1ccc(NC(=S)N2CCc3c(cccc3C(C)=O)C2)cc1. The standard InChI is InChI=1S/C20H22N2OS/c1-3-15-7-9-17(10-8-15)21-20(24)22-12-11-19-16(13-22)5-4-6-18(19)14(2)23/h4-10H,3,11-13H2,1-2H3,(H,21,24). The molecule has 2 aromatic carbocycles. The van der Waals surface area contributed by atoms with Gasteiger partial charge in [0.1, 0.15) is 0 Å². The van der Waals surface area contributed by atoms with E-state index in [1.807, 2.05) is 12.1 Å². The molecule has 0 aliphatic carbocycles. The van der Waals surface area contributed by atoms with Gasteiger partial charge < -0.3 is 10.2 Å². The Labute approximate surface area is 148 Å². The lowest BCUT2D eigenvalue weighted by molar-refractivity contribution is 0.101. The minimum Gasteiger partial charge on any atom is -0.344 e. The number of nitrogens with one attached hydrogen (secondary N) is 1. The number of nitrogens with zero attached hydrogens (tertiary/aromatic N) is 1. The van der Waals surface area contributed by atoms with Gasteiger partial charge in [0.25, 0.3) is 0 Å². The predicted molar refractivity (Wildman–Crippen MR) is 103 cm³/mol. The van der Waals surface area contributed by atoms with Crippen LogP contribution in [-0.4, -0.2) is 22.3 Å². The van der Waals surface area contributed by atoms with Crippen molar-refractivity contribution in [2.45, 2.75) is 33.2 Å². The number of thiocarbonyl (C=S) groups is 1. The summed E-state index contributed by atoms with van der Waals surface area (Å²) in [6.45, 7) is 5.35. The highest BCUT2D eigenvalue weighted by Gasteiger charge is 2.21. The molecule has 0 bridgehead atoms. The second-order valence-electron chi connectivity index (χ2n) is 6.15. The van der Waals surface area contributed by atoms with Crippen molar-refractivity contribution < 1.29 is 4.79 Å². The van der Waals surface area contributed by atoms with Crippen LogP contribution in [0, 0.1) is 0 Å². The zero-order chi connectivity index (χ0) is 17.1. The summed E-state index contributed by atoms with van der Waals surface area (Å²) in [5.41, 5.74) is 5.55. The summed E-state index contributed by atoms with van der Waals surface area (Å²) in [7, 11) is 0. The lowest BCUT2D eigenvalue weighted by Gasteiger charge is -2.32. The van der Waals surface area contributed by atoms with Gasteiger partial charge in [0.2, 0.25) is 0 Å². The van der Waals surface area contributed by atoms with Crippen LogP contribution in [0.2, 0.25) is 0 Å². The van der Waals surface area contributed by atoms with E-state index in [0.29, 0.717) is 0 Å². The topological polar surface area (TPSA) is 32.3 Å². The largest absolute Gasteiger partial charge is 0.344 e. The first kappa shape index (κ1) is 16.7. The highest BCUT2D eigenvalue weighted by molar-refractivity contribution is 7.80. The molecule has 1 heterocycles. The Morgan fingerprint density at radius 1 is 1.21 bits per heavy atom. The van der Waals surface area contributed by atoms with Crippen molar-refractivity contribution in [3.05, 3.63) is 64.7 Å². The summed E-state index contributed by atoms with van der Waals surface area (Å²) in [5, 5.41) is 4.06. The molecule has 2 aromatic rings. The minimum absolute atomic E-state index is 0.136. The molecule has 124 valence electrons. The van der Waals surface area contributed by atoms with E-state index in [0.717, 1.165) is 42.3 Å². The van der Waals surface area contributed by atoms with E-state index in [1.165, 1.54) is 16.7 Å². The van der Waals surface area contributed by atoms with Gasteiger partial charge in [-0.2, -0.15) is 0 Å². The fourth-order valence-corrected chi connectivity index (χ4v) is 3.41. The molecule has 1 N–H and O–H groups in total. The zero-order valence-electron chi connectivity index (χ0n) is 14.1. The van der Waals surface area contributed by atoms with E-state index in [1.54, 1.807) is 6.92 Å². The summed E-state index contributed by atoms with van der Waals surface area (Å²) in [4.78, 5) is 13.9. The molecular weight excluding hydrogens is 316 g/mol. The van der Waals surface area contributed by atoms with Gasteiger partial charge in [-0.3, -0.25) is 4.79 Å². The van der Waals surface area contributed by atoms with E-state index in [4.69, 9.17) is 12.2 Å². The third kappa shape index (κ3) is 3.49. The molecule has 0 amide bonds. The first-order valence-electron chi connectivity index (χ1n) is 8.35. The Kier molecular flexibility index (Phi) is 4.95. The Morgan fingerprint density at radius 3 is 2.62 bits per heavy atom. The van der Waals surface area contributed by atoms with Crippen molar-refractivity contribution in [2.24, 2.45) is 0 Å². The molecule has 1 aliphatic heterocycles. The highest BCUT2D eigenvalue weighted by atomic mass is 32.1. The van der Waals surface area contributed by atoms with Gasteiger partial charge in [0.05, 0.1) is 0 Å². The van der Waals surface area contributed by atoms with Crippen LogP contribution >= 0.6 is 12.2 Å². The Bertz CT molecular complexity index is 768. The second-order valence-corrected chi connectivity index (χ2v) is 6.54. The molecule has 1 aliphatic rings. The molecule has 0 aromatic heterocycles. The number of anilines is 1. The van der Waals surface area contributed by atoms with Crippen LogP contribution in [0.25, 0.3) is 0 Å². The number of hydrogen-bond acceptors (Lipinski definition) is 2. The monoisotopic (exact) mass is 338 g/mol. The van der Waals surface area contributed by atoms with Gasteiger partial charge in [-0.15, -0.1) is 0 Å². The Hall–Kier alpha value is -2.20. The number of benzene rings is 2. The van der Waals surface area contributed by atoms with Crippen molar-refractivity contribution in [3.63, 3.8) is 0 Å². The molecule has 3 nitrogen and oxygen atoms in total. The van der Waals surface area contributed by atoms with E-state index in [9.17, 15) is 4.79 Å². The van der Waals surface area contributed by atoms with Crippen LogP contribution in [0.15, 0.2) is 42.5 Å². The van der Waals surface area contributed by atoms with Gasteiger partial charge in [-0.25, -0.2) is 0 Å². The maximum absolute atomic E-state index is 11.8. The number of carbonyl (C=O) groups is 1. The number of rotatable bonds is 3. The fraction of sp³-hybridized carbons (Fsp3) is 0.300.